The van der Waals surface area contributed by atoms with Crippen LogP contribution in [-0.4, -0.2) is 27.7 Å². The van der Waals surface area contributed by atoms with Crippen LogP contribution >= 0.6 is 0 Å². The molecule has 0 aromatic heterocycles. The van der Waals surface area contributed by atoms with Gasteiger partial charge in [0.2, 0.25) is 0 Å². The molecule has 0 unspecified atom stereocenters. The highest BCUT2D eigenvalue weighted by molar-refractivity contribution is 8.09. The molecule has 0 radical (unpaired) electrons. The van der Waals surface area contributed by atoms with Crippen molar-refractivity contribution >= 4 is 26.0 Å². The Balaban J connectivity index is 2.65. The highest BCUT2D eigenvalue weighted by atomic mass is 32.3. The molecule has 25 heavy (non-hydrogen) atoms. The molecule has 0 heterocycles. The zero-order valence-electron chi connectivity index (χ0n) is 14.0. The Morgan fingerprint density at radius 3 is 1.48 bits per heavy atom. The van der Waals surface area contributed by atoms with Crippen LogP contribution in [-0.2, 0) is 24.5 Å². The van der Waals surface area contributed by atoms with Gasteiger partial charge in [0, 0.05) is 5.41 Å². The summed E-state index contributed by atoms with van der Waals surface area (Å²) in [5, 5.41) is 0. The van der Waals surface area contributed by atoms with Gasteiger partial charge in [0.25, 0.3) is 0 Å². The van der Waals surface area contributed by atoms with E-state index in [9.17, 15) is 21.6 Å². The number of carbonyl (C=O) groups excluding carboxylic acids is 1. The molecule has 0 spiro atoms. The predicted molar refractivity (Wildman–Crippen MR) is 95.5 cm³/mol. The maximum absolute atomic E-state index is 13.1. The van der Waals surface area contributed by atoms with Gasteiger partial charge in [-0.05, 0) is 30.7 Å². The van der Waals surface area contributed by atoms with Crippen molar-refractivity contribution in [2.45, 2.75) is 34.6 Å². The fraction of sp³-hybridized carbons (Fsp3) is 0.278. The number of carbonyl (C=O) groups is 1. The molecule has 0 fully saturated rings. The monoisotopic (exact) mass is 380 g/mol. The van der Waals surface area contributed by atoms with E-state index in [1.54, 1.807) is 12.1 Å². The van der Waals surface area contributed by atoms with Crippen LogP contribution in [0.3, 0.4) is 0 Å². The third-order valence-corrected chi connectivity index (χ3v) is 8.94. The fourth-order valence-corrected chi connectivity index (χ4v) is 7.37. The second kappa shape index (κ2) is 7.09. The summed E-state index contributed by atoms with van der Waals surface area (Å²) in [4.78, 5) is 11.1. The molecule has 0 aliphatic rings. The number of aldehydes is 1. The number of hydrogen-bond donors (Lipinski definition) is 0. The molecular formula is C18H20O5S2. The first-order valence-electron chi connectivity index (χ1n) is 7.65. The zero-order chi connectivity index (χ0) is 18.7. The average Bonchev–Trinajstić information content (AvgIpc) is 2.61. The molecule has 5 nitrogen and oxygen atoms in total. The third kappa shape index (κ3) is 4.16. The molecule has 0 bridgehead atoms. The molecule has 0 N–H and O–H groups in total. The lowest BCUT2D eigenvalue weighted by molar-refractivity contribution is -0.114. The van der Waals surface area contributed by atoms with E-state index >= 15 is 0 Å². The molecule has 0 atom stereocenters. The summed E-state index contributed by atoms with van der Waals surface area (Å²) in [6.45, 7) is 3.04. The quantitative estimate of drug-likeness (QED) is 0.690. The van der Waals surface area contributed by atoms with Crippen molar-refractivity contribution in [3.8, 4) is 0 Å². The van der Waals surface area contributed by atoms with Gasteiger partial charge in [-0.2, -0.15) is 0 Å². The lowest BCUT2D eigenvalue weighted by Gasteiger charge is -2.25. The molecule has 0 saturated heterocycles. The number of hydrogen-bond acceptors (Lipinski definition) is 5. The minimum absolute atomic E-state index is 0.0822. The van der Waals surface area contributed by atoms with Gasteiger partial charge in [0.05, 0.1) is 9.79 Å². The second-order valence-corrected chi connectivity index (χ2v) is 11.0. The van der Waals surface area contributed by atoms with Crippen LogP contribution in [0.15, 0.2) is 70.5 Å². The lowest BCUT2D eigenvalue weighted by Crippen LogP contribution is -2.35. The van der Waals surface area contributed by atoms with Crippen molar-refractivity contribution in [2.75, 3.05) is 0 Å². The van der Waals surface area contributed by atoms with Crippen LogP contribution in [0, 0.1) is 5.41 Å². The number of sulfone groups is 2. The van der Waals surface area contributed by atoms with Crippen molar-refractivity contribution in [3.63, 3.8) is 0 Å². The van der Waals surface area contributed by atoms with Gasteiger partial charge in [0.1, 0.15) is 6.29 Å². The van der Waals surface area contributed by atoms with Crippen molar-refractivity contribution in [1.82, 2.24) is 0 Å². The van der Waals surface area contributed by atoms with Crippen LogP contribution < -0.4 is 0 Å². The van der Waals surface area contributed by atoms with Gasteiger partial charge in [0.15, 0.2) is 24.3 Å². The van der Waals surface area contributed by atoms with Gasteiger partial charge in [-0.1, -0.05) is 50.2 Å². The third-order valence-electron chi connectivity index (χ3n) is 3.85. The Labute approximate surface area is 148 Å². The molecule has 2 rings (SSSR count). The Kier molecular flexibility index (Phi) is 5.49. The summed E-state index contributed by atoms with van der Waals surface area (Å²) in [6, 6.07) is 14.9. The number of benzene rings is 2. The Hall–Kier alpha value is -1.99. The van der Waals surface area contributed by atoms with E-state index in [0.717, 1.165) is 0 Å². The molecule has 0 aliphatic heterocycles. The molecule has 0 saturated carbocycles. The maximum atomic E-state index is 13.1. The smallest absolute Gasteiger partial charge is 0.195 e. The summed E-state index contributed by atoms with van der Waals surface area (Å²) in [6.07, 6.45) is 0.256. The average molecular weight is 380 g/mol. The normalized spacial score (nSPS) is 12.9. The maximum Gasteiger partial charge on any atom is 0.195 e. The molecule has 134 valence electrons. The molecule has 2 aromatic carbocycles. The largest absolute Gasteiger partial charge is 0.303 e. The van der Waals surface area contributed by atoms with E-state index in [1.165, 1.54) is 62.4 Å². The van der Waals surface area contributed by atoms with E-state index < -0.39 is 29.7 Å². The summed E-state index contributed by atoms with van der Waals surface area (Å²) in [5.74, 6) is 0. The summed E-state index contributed by atoms with van der Waals surface area (Å²) >= 11 is 0. The Morgan fingerprint density at radius 2 is 1.16 bits per heavy atom. The van der Waals surface area contributed by atoms with Crippen LogP contribution in [0.25, 0.3) is 0 Å². The highest BCUT2D eigenvalue weighted by Crippen LogP contribution is 2.33. The van der Waals surface area contributed by atoms with E-state index in [4.69, 9.17) is 0 Å². The highest BCUT2D eigenvalue weighted by Gasteiger charge is 2.43. The van der Waals surface area contributed by atoms with Crippen LogP contribution in [0.5, 0.6) is 0 Å². The first-order chi connectivity index (χ1) is 11.6. The molecular weight excluding hydrogens is 360 g/mol. The molecule has 7 heteroatoms. The van der Waals surface area contributed by atoms with Crippen LogP contribution in [0.4, 0.5) is 0 Å². The van der Waals surface area contributed by atoms with Gasteiger partial charge in [-0.15, -0.1) is 0 Å². The number of rotatable bonds is 7. The Bertz CT molecular complexity index is 862. The summed E-state index contributed by atoms with van der Waals surface area (Å²) in [5.41, 5.74) is -1.10. The summed E-state index contributed by atoms with van der Waals surface area (Å²) < 4.78 is 50.5. The fourth-order valence-electron chi connectivity index (χ4n) is 2.39. The van der Waals surface area contributed by atoms with Crippen molar-refractivity contribution < 1.29 is 21.6 Å². The summed E-state index contributed by atoms with van der Waals surface area (Å²) in [7, 11) is -8.39. The minimum Gasteiger partial charge on any atom is -0.303 e. The molecule has 0 amide bonds. The van der Waals surface area contributed by atoms with Crippen molar-refractivity contribution in [3.05, 3.63) is 60.7 Å². The SMILES string of the molecule is CC(C)(C=O)CC(S(=O)(=O)c1ccccc1)S(=O)(=O)c1ccccc1. The Morgan fingerprint density at radius 1 is 0.800 bits per heavy atom. The van der Waals surface area contributed by atoms with E-state index in [1.807, 2.05) is 0 Å². The first-order valence-corrected chi connectivity index (χ1v) is 10.7. The van der Waals surface area contributed by atoms with E-state index in [0.29, 0.717) is 6.29 Å². The minimum atomic E-state index is -4.20. The van der Waals surface area contributed by atoms with Gasteiger partial charge in [-0.3, -0.25) is 0 Å². The topological polar surface area (TPSA) is 85.3 Å². The second-order valence-electron chi connectivity index (χ2n) is 6.46. The van der Waals surface area contributed by atoms with Crippen molar-refractivity contribution in [1.29, 1.82) is 0 Å². The molecule has 2 aromatic rings. The van der Waals surface area contributed by atoms with Gasteiger partial charge in [-0.25, -0.2) is 16.8 Å². The van der Waals surface area contributed by atoms with Gasteiger partial charge < -0.3 is 4.79 Å². The van der Waals surface area contributed by atoms with Crippen LogP contribution in [0.1, 0.15) is 20.3 Å². The van der Waals surface area contributed by atoms with Crippen LogP contribution in [0.2, 0.25) is 0 Å². The molecule has 0 aliphatic carbocycles. The van der Waals surface area contributed by atoms with Gasteiger partial charge >= 0.3 is 0 Å². The lowest BCUT2D eigenvalue weighted by atomic mass is 9.92. The van der Waals surface area contributed by atoms with E-state index in [2.05, 4.69) is 0 Å². The zero-order valence-corrected chi connectivity index (χ0v) is 15.6. The predicted octanol–water partition coefficient (Wildman–Crippen LogP) is 2.88. The van der Waals surface area contributed by atoms with Crippen molar-refractivity contribution in [2.24, 2.45) is 5.41 Å². The first kappa shape index (κ1) is 19.3. The van der Waals surface area contributed by atoms with E-state index in [-0.39, 0.29) is 16.2 Å². The standard InChI is InChI=1S/C18H20O5S2/c1-18(2,14-19)13-17(24(20,21)15-9-5-3-6-10-15)25(22,23)16-11-7-4-8-12-16/h3-12,14,17H,13H2,1-2H3.